The van der Waals surface area contributed by atoms with Crippen molar-refractivity contribution in [2.24, 2.45) is 5.73 Å². The smallest absolute Gasteiger partial charge is 0.308 e. The van der Waals surface area contributed by atoms with Crippen molar-refractivity contribution >= 4 is 18.4 Å². The minimum Gasteiger partial charge on any atom is -0.504 e. The lowest BCUT2D eigenvalue weighted by Gasteiger charge is -2.20. The van der Waals surface area contributed by atoms with E-state index < -0.39 is 18.1 Å². The van der Waals surface area contributed by atoms with E-state index in [9.17, 15) is 15.0 Å². The number of nitrogens with two attached hydrogens (primary N) is 1. The van der Waals surface area contributed by atoms with E-state index in [2.05, 4.69) is 0 Å². The van der Waals surface area contributed by atoms with E-state index in [1.165, 1.54) is 19.1 Å². The molecule has 4 N–H and O–H groups in total. The van der Waals surface area contributed by atoms with Gasteiger partial charge >= 0.3 is 5.97 Å². The number of carbonyl (C=O) groups excluding carboxylic acids is 1. The van der Waals surface area contributed by atoms with Gasteiger partial charge < -0.3 is 20.7 Å². The number of aliphatic hydroxyl groups excluding tert-OH is 1. The van der Waals surface area contributed by atoms with Crippen molar-refractivity contribution in [3.8, 4) is 11.5 Å². The van der Waals surface area contributed by atoms with Crippen molar-refractivity contribution in [3.63, 3.8) is 0 Å². The van der Waals surface area contributed by atoms with Crippen LogP contribution in [0.5, 0.6) is 11.5 Å². The molecule has 0 aliphatic carbocycles. The molecule has 0 spiro atoms. The molecular weight excluding hydrogens is 318 g/mol. The van der Waals surface area contributed by atoms with E-state index >= 15 is 0 Å². The van der Waals surface area contributed by atoms with Gasteiger partial charge in [0.1, 0.15) is 0 Å². The molecule has 0 saturated heterocycles. The van der Waals surface area contributed by atoms with E-state index in [4.69, 9.17) is 10.5 Å². The molecule has 0 bridgehead atoms. The third-order valence-electron chi connectivity index (χ3n) is 3.32. The van der Waals surface area contributed by atoms with E-state index in [0.717, 1.165) is 5.56 Å². The molecule has 0 aliphatic rings. The SMILES string of the molecule is CC(=O)Oc1ccc([C@H](N)[C@H](O)Cc2ccccc2)cc1O.Cl. The largest absolute Gasteiger partial charge is 0.504 e. The molecule has 6 heteroatoms. The van der Waals surface area contributed by atoms with Gasteiger partial charge in [-0.2, -0.15) is 0 Å². The van der Waals surface area contributed by atoms with E-state index in [1.807, 2.05) is 30.3 Å². The maximum Gasteiger partial charge on any atom is 0.308 e. The molecular formula is C17H20ClNO4. The molecule has 2 rings (SSSR count). The number of aliphatic hydroxyl groups is 1. The van der Waals surface area contributed by atoms with Crippen LogP contribution in [-0.2, 0) is 11.2 Å². The molecule has 2 aromatic rings. The normalized spacial score (nSPS) is 12.8. The maximum absolute atomic E-state index is 10.9. The first kappa shape index (κ1) is 19.0. The number of phenols is 1. The highest BCUT2D eigenvalue weighted by Gasteiger charge is 2.19. The van der Waals surface area contributed by atoms with E-state index in [1.54, 1.807) is 6.07 Å². The summed E-state index contributed by atoms with van der Waals surface area (Å²) in [4.78, 5) is 10.9. The van der Waals surface area contributed by atoms with Crippen molar-refractivity contribution < 1.29 is 19.7 Å². The van der Waals surface area contributed by atoms with Crippen LogP contribution in [-0.4, -0.2) is 22.3 Å². The Kier molecular flexibility index (Phi) is 7.03. The van der Waals surface area contributed by atoms with Crippen LogP contribution in [0, 0.1) is 0 Å². The van der Waals surface area contributed by atoms with Gasteiger partial charge in [-0.3, -0.25) is 4.79 Å². The summed E-state index contributed by atoms with van der Waals surface area (Å²) in [6.07, 6.45) is -0.379. The molecule has 0 amide bonds. The highest BCUT2D eigenvalue weighted by molar-refractivity contribution is 5.85. The number of rotatable bonds is 5. The highest BCUT2D eigenvalue weighted by atomic mass is 35.5. The Morgan fingerprint density at radius 2 is 1.87 bits per heavy atom. The Bertz CT molecular complexity index is 648. The number of halogens is 1. The zero-order valence-electron chi connectivity index (χ0n) is 12.7. The number of aromatic hydroxyl groups is 1. The number of esters is 1. The van der Waals surface area contributed by atoms with Crippen molar-refractivity contribution in [3.05, 3.63) is 59.7 Å². The molecule has 2 aromatic carbocycles. The van der Waals surface area contributed by atoms with Gasteiger partial charge in [-0.25, -0.2) is 0 Å². The first-order valence-corrected chi connectivity index (χ1v) is 6.96. The van der Waals surface area contributed by atoms with Crippen molar-refractivity contribution in [2.45, 2.75) is 25.5 Å². The molecule has 0 heterocycles. The fraction of sp³-hybridized carbons (Fsp3) is 0.235. The van der Waals surface area contributed by atoms with Crippen LogP contribution in [0.15, 0.2) is 48.5 Å². The fourth-order valence-electron chi connectivity index (χ4n) is 2.19. The molecule has 0 radical (unpaired) electrons. The second-order valence-electron chi connectivity index (χ2n) is 5.10. The third-order valence-corrected chi connectivity index (χ3v) is 3.32. The van der Waals surface area contributed by atoms with Crippen LogP contribution in [0.3, 0.4) is 0 Å². The molecule has 0 aliphatic heterocycles. The highest BCUT2D eigenvalue weighted by Crippen LogP contribution is 2.30. The molecule has 124 valence electrons. The average Bonchev–Trinajstić information content (AvgIpc) is 2.49. The monoisotopic (exact) mass is 337 g/mol. The summed E-state index contributed by atoms with van der Waals surface area (Å²) in [5.41, 5.74) is 7.58. The standard InChI is InChI=1S/C17H19NO4.ClH/c1-11(19)22-16-8-7-13(10-14(16)20)17(18)15(21)9-12-5-3-2-4-6-12;/h2-8,10,15,17,20-21H,9,18H2,1H3;1H/t15-,17+;/m1./s1. The van der Waals surface area contributed by atoms with Gasteiger partial charge in [-0.15, -0.1) is 12.4 Å². The summed E-state index contributed by atoms with van der Waals surface area (Å²) in [7, 11) is 0. The first-order valence-electron chi connectivity index (χ1n) is 6.96. The molecule has 23 heavy (non-hydrogen) atoms. The Hall–Kier alpha value is -2.08. The summed E-state index contributed by atoms with van der Waals surface area (Å²) in [5, 5.41) is 20.1. The number of hydrogen-bond donors (Lipinski definition) is 3. The van der Waals surface area contributed by atoms with Gasteiger partial charge in [-0.1, -0.05) is 36.4 Å². The molecule has 0 fully saturated rings. The predicted molar refractivity (Wildman–Crippen MR) is 89.7 cm³/mol. The summed E-state index contributed by atoms with van der Waals surface area (Å²) in [5.74, 6) is -0.632. The number of phenolic OH excluding ortho intramolecular Hbond substituents is 1. The van der Waals surface area contributed by atoms with Crippen LogP contribution in [0.4, 0.5) is 0 Å². The predicted octanol–water partition coefficient (Wildman–Crippen LogP) is 2.34. The van der Waals surface area contributed by atoms with Gasteiger partial charge in [0, 0.05) is 13.3 Å². The minimum absolute atomic E-state index is 0. The lowest BCUT2D eigenvalue weighted by molar-refractivity contribution is -0.132. The van der Waals surface area contributed by atoms with Crippen LogP contribution in [0.2, 0.25) is 0 Å². The Morgan fingerprint density at radius 3 is 2.43 bits per heavy atom. The Balaban J connectivity index is 0.00000264. The van der Waals surface area contributed by atoms with Gasteiger partial charge in [0.2, 0.25) is 0 Å². The summed E-state index contributed by atoms with van der Waals surface area (Å²) in [6, 6.07) is 13.4. The summed E-state index contributed by atoms with van der Waals surface area (Å²) < 4.78 is 4.84. The second-order valence-corrected chi connectivity index (χ2v) is 5.10. The lowest BCUT2D eigenvalue weighted by atomic mass is 9.96. The van der Waals surface area contributed by atoms with E-state index in [0.29, 0.717) is 12.0 Å². The van der Waals surface area contributed by atoms with Gasteiger partial charge in [0.05, 0.1) is 12.1 Å². The molecule has 0 saturated carbocycles. The van der Waals surface area contributed by atoms with Gasteiger partial charge in [0.25, 0.3) is 0 Å². The quantitative estimate of drug-likeness (QED) is 0.575. The Morgan fingerprint density at radius 1 is 1.22 bits per heavy atom. The number of ether oxygens (including phenoxy) is 1. The zero-order valence-corrected chi connectivity index (χ0v) is 13.5. The first-order chi connectivity index (χ1) is 10.5. The summed E-state index contributed by atoms with van der Waals surface area (Å²) in [6.45, 7) is 1.25. The summed E-state index contributed by atoms with van der Waals surface area (Å²) >= 11 is 0. The lowest BCUT2D eigenvalue weighted by Crippen LogP contribution is -2.28. The van der Waals surface area contributed by atoms with E-state index in [-0.39, 0.29) is 23.9 Å². The van der Waals surface area contributed by atoms with Gasteiger partial charge in [0.15, 0.2) is 11.5 Å². The zero-order chi connectivity index (χ0) is 16.1. The average molecular weight is 338 g/mol. The number of hydrogen-bond acceptors (Lipinski definition) is 5. The fourth-order valence-corrected chi connectivity index (χ4v) is 2.19. The number of benzene rings is 2. The molecule has 5 nitrogen and oxygen atoms in total. The van der Waals surface area contributed by atoms with Crippen molar-refractivity contribution in [2.75, 3.05) is 0 Å². The topological polar surface area (TPSA) is 92.8 Å². The van der Waals surface area contributed by atoms with Crippen LogP contribution in [0.25, 0.3) is 0 Å². The van der Waals surface area contributed by atoms with Crippen LogP contribution in [0.1, 0.15) is 24.1 Å². The second kappa shape index (κ2) is 8.53. The number of carbonyl (C=O) groups is 1. The van der Waals surface area contributed by atoms with Crippen LogP contribution < -0.4 is 10.5 Å². The molecule has 0 aromatic heterocycles. The van der Waals surface area contributed by atoms with Crippen molar-refractivity contribution in [1.82, 2.24) is 0 Å². The molecule has 2 atom stereocenters. The maximum atomic E-state index is 10.9. The Labute approximate surface area is 141 Å². The van der Waals surface area contributed by atoms with Crippen LogP contribution >= 0.6 is 12.4 Å². The minimum atomic E-state index is -0.790. The van der Waals surface area contributed by atoms with Gasteiger partial charge in [-0.05, 0) is 23.3 Å². The van der Waals surface area contributed by atoms with Crippen molar-refractivity contribution in [1.29, 1.82) is 0 Å². The molecule has 0 unspecified atom stereocenters. The third kappa shape index (κ3) is 5.25.